The maximum Gasteiger partial charge on any atom is 0.118 e. The lowest BCUT2D eigenvalue weighted by Crippen LogP contribution is -2.28. The molecule has 1 unspecified atom stereocenters. The average Bonchev–Trinajstić information content (AvgIpc) is 2.36. The van der Waals surface area contributed by atoms with Crippen LogP contribution < -0.4 is 10.1 Å². The van der Waals surface area contributed by atoms with E-state index >= 15 is 0 Å². The molecule has 17 heavy (non-hydrogen) atoms. The molecule has 0 spiro atoms. The van der Waals surface area contributed by atoms with Gasteiger partial charge >= 0.3 is 0 Å². The van der Waals surface area contributed by atoms with Crippen molar-refractivity contribution < 1.29 is 4.74 Å². The van der Waals surface area contributed by atoms with Gasteiger partial charge in [-0.3, -0.25) is 0 Å². The summed E-state index contributed by atoms with van der Waals surface area (Å²) in [6.45, 7) is 4.30. The second kappa shape index (κ2) is 7.30. The molecule has 0 saturated heterocycles. The fourth-order valence-corrected chi connectivity index (χ4v) is 1.68. The van der Waals surface area contributed by atoms with Crippen molar-refractivity contribution in [1.82, 2.24) is 10.2 Å². The van der Waals surface area contributed by atoms with Crippen molar-refractivity contribution in [3.8, 4) is 5.75 Å². The minimum atomic E-state index is 0.577. The largest absolute Gasteiger partial charge is 0.497 e. The van der Waals surface area contributed by atoms with Crippen molar-refractivity contribution in [3.63, 3.8) is 0 Å². The summed E-state index contributed by atoms with van der Waals surface area (Å²) in [5, 5.41) is 3.26. The minimum absolute atomic E-state index is 0.577. The van der Waals surface area contributed by atoms with Gasteiger partial charge in [0.1, 0.15) is 5.75 Å². The monoisotopic (exact) mass is 236 g/mol. The van der Waals surface area contributed by atoms with Gasteiger partial charge in [0.05, 0.1) is 7.11 Å². The number of hydrogen-bond acceptors (Lipinski definition) is 3. The van der Waals surface area contributed by atoms with Gasteiger partial charge in [0.15, 0.2) is 0 Å². The number of nitrogens with one attached hydrogen (secondary N) is 1. The van der Waals surface area contributed by atoms with Crippen LogP contribution >= 0.6 is 0 Å². The predicted molar refractivity (Wildman–Crippen MR) is 72.5 cm³/mol. The summed E-state index contributed by atoms with van der Waals surface area (Å²) in [5.74, 6) is 0.917. The molecule has 3 nitrogen and oxygen atoms in total. The molecule has 0 heterocycles. The normalized spacial score (nSPS) is 12.8. The van der Waals surface area contributed by atoms with Crippen LogP contribution in [0.25, 0.3) is 0 Å². The summed E-state index contributed by atoms with van der Waals surface area (Å²) in [4.78, 5) is 2.34. The summed E-state index contributed by atoms with van der Waals surface area (Å²) in [6, 6.07) is 8.85. The quantitative estimate of drug-likeness (QED) is 0.785. The van der Waals surface area contributed by atoms with Gasteiger partial charge in [0.2, 0.25) is 0 Å². The first-order valence-corrected chi connectivity index (χ1v) is 6.14. The molecule has 3 heteroatoms. The molecule has 0 radical (unpaired) electrons. The van der Waals surface area contributed by atoms with Gasteiger partial charge in [0, 0.05) is 12.6 Å². The van der Waals surface area contributed by atoms with Crippen molar-refractivity contribution >= 4 is 0 Å². The van der Waals surface area contributed by atoms with E-state index in [1.54, 1.807) is 7.11 Å². The van der Waals surface area contributed by atoms with Gasteiger partial charge in [-0.05, 0) is 51.7 Å². The highest BCUT2D eigenvalue weighted by molar-refractivity contribution is 5.26. The summed E-state index contributed by atoms with van der Waals surface area (Å²) in [7, 11) is 5.86. The summed E-state index contributed by atoms with van der Waals surface area (Å²) in [5.41, 5.74) is 1.32. The van der Waals surface area contributed by atoms with Crippen LogP contribution in [0.5, 0.6) is 5.75 Å². The molecule has 1 N–H and O–H groups in total. The van der Waals surface area contributed by atoms with E-state index in [0.29, 0.717) is 6.04 Å². The lowest BCUT2D eigenvalue weighted by Gasteiger charge is -2.19. The van der Waals surface area contributed by atoms with E-state index in [2.05, 4.69) is 36.3 Å². The molecule has 1 aromatic carbocycles. The van der Waals surface area contributed by atoms with E-state index in [0.717, 1.165) is 18.8 Å². The van der Waals surface area contributed by atoms with Gasteiger partial charge in [-0.15, -0.1) is 0 Å². The average molecular weight is 236 g/mol. The molecule has 0 aliphatic heterocycles. The molecule has 96 valence electrons. The smallest absolute Gasteiger partial charge is 0.118 e. The van der Waals surface area contributed by atoms with Crippen molar-refractivity contribution in [2.45, 2.75) is 25.9 Å². The van der Waals surface area contributed by atoms with Crippen molar-refractivity contribution in [2.75, 3.05) is 27.7 Å². The number of rotatable bonds is 7. The van der Waals surface area contributed by atoms with Crippen molar-refractivity contribution in [3.05, 3.63) is 29.8 Å². The van der Waals surface area contributed by atoms with Crippen LogP contribution in [-0.4, -0.2) is 38.7 Å². The van der Waals surface area contributed by atoms with Gasteiger partial charge in [-0.2, -0.15) is 0 Å². The maximum atomic E-state index is 5.15. The SMILES string of the molecule is CNC(C)CCN(C)Cc1ccc(OC)cc1. The second-order valence-corrected chi connectivity index (χ2v) is 4.56. The van der Waals surface area contributed by atoms with Crippen molar-refractivity contribution in [2.24, 2.45) is 0 Å². The number of benzene rings is 1. The number of ether oxygens (including phenoxy) is 1. The third-order valence-corrected chi connectivity index (χ3v) is 3.05. The number of methoxy groups -OCH3 is 1. The van der Waals surface area contributed by atoms with E-state index < -0.39 is 0 Å². The molecular formula is C14H24N2O. The Labute approximate surface area is 105 Å². The molecule has 0 amide bonds. The van der Waals surface area contributed by atoms with E-state index in [9.17, 15) is 0 Å². The molecule has 1 atom stereocenters. The van der Waals surface area contributed by atoms with Crippen LogP contribution in [-0.2, 0) is 6.54 Å². The summed E-state index contributed by atoms with van der Waals surface area (Å²) in [6.07, 6.45) is 1.17. The van der Waals surface area contributed by atoms with Crippen LogP contribution in [0, 0.1) is 0 Å². The molecule has 0 aliphatic rings. The van der Waals surface area contributed by atoms with Crippen LogP contribution in [0.2, 0.25) is 0 Å². The highest BCUT2D eigenvalue weighted by atomic mass is 16.5. The topological polar surface area (TPSA) is 24.5 Å². The van der Waals surface area contributed by atoms with Crippen molar-refractivity contribution in [1.29, 1.82) is 0 Å². The molecule has 1 rings (SSSR count). The third-order valence-electron chi connectivity index (χ3n) is 3.05. The number of nitrogens with zero attached hydrogens (tertiary/aromatic N) is 1. The third kappa shape index (κ3) is 5.20. The zero-order valence-electron chi connectivity index (χ0n) is 11.4. The Hall–Kier alpha value is -1.06. The first-order chi connectivity index (χ1) is 8.15. The predicted octanol–water partition coefficient (Wildman–Crippen LogP) is 2.12. The lowest BCUT2D eigenvalue weighted by molar-refractivity contribution is 0.306. The minimum Gasteiger partial charge on any atom is -0.497 e. The van der Waals surface area contributed by atoms with Crippen LogP contribution in [0.4, 0.5) is 0 Å². The highest BCUT2D eigenvalue weighted by Crippen LogP contribution is 2.12. The molecule has 0 fully saturated rings. The first-order valence-electron chi connectivity index (χ1n) is 6.14. The Morgan fingerprint density at radius 2 is 1.94 bits per heavy atom. The Bertz CT molecular complexity index is 311. The zero-order chi connectivity index (χ0) is 12.7. The molecule has 0 aromatic heterocycles. The van der Waals surface area contributed by atoms with E-state index in [-0.39, 0.29) is 0 Å². The van der Waals surface area contributed by atoms with E-state index in [4.69, 9.17) is 4.74 Å². The van der Waals surface area contributed by atoms with Crippen LogP contribution in [0.3, 0.4) is 0 Å². The molecule has 1 aromatic rings. The highest BCUT2D eigenvalue weighted by Gasteiger charge is 2.03. The van der Waals surface area contributed by atoms with Gasteiger partial charge < -0.3 is 15.0 Å². The van der Waals surface area contributed by atoms with E-state index in [1.165, 1.54) is 12.0 Å². The standard InChI is InChI=1S/C14H24N2O/c1-12(15-2)9-10-16(3)11-13-5-7-14(17-4)8-6-13/h5-8,12,15H,9-11H2,1-4H3. The molecule has 0 saturated carbocycles. The Morgan fingerprint density at radius 1 is 1.29 bits per heavy atom. The maximum absolute atomic E-state index is 5.15. The van der Waals surface area contributed by atoms with Gasteiger partial charge in [-0.1, -0.05) is 12.1 Å². The molecule has 0 bridgehead atoms. The van der Waals surface area contributed by atoms with Crippen LogP contribution in [0.1, 0.15) is 18.9 Å². The Kier molecular flexibility index (Phi) is 6.01. The zero-order valence-corrected chi connectivity index (χ0v) is 11.4. The van der Waals surface area contributed by atoms with Crippen LogP contribution in [0.15, 0.2) is 24.3 Å². The molecular weight excluding hydrogens is 212 g/mol. The Balaban J connectivity index is 2.36. The first kappa shape index (κ1) is 14.0. The molecule has 0 aliphatic carbocycles. The van der Waals surface area contributed by atoms with Gasteiger partial charge in [-0.25, -0.2) is 0 Å². The fourth-order valence-electron chi connectivity index (χ4n) is 1.68. The fraction of sp³-hybridized carbons (Fsp3) is 0.571. The lowest BCUT2D eigenvalue weighted by atomic mass is 10.2. The Morgan fingerprint density at radius 3 is 2.47 bits per heavy atom. The van der Waals surface area contributed by atoms with E-state index in [1.807, 2.05) is 19.2 Å². The van der Waals surface area contributed by atoms with Gasteiger partial charge in [0.25, 0.3) is 0 Å². The summed E-state index contributed by atoms with van der Waals surface area (Å²) >= 11 is 0. The number of hydrogen-bond donors (Lipinski definition) is 1. The second-order valence-electron chi connectivity index (χ2n) is 4.56. The summed E-state index contributed by atoms with van der Waals surface area (Å²) < 4.78 is 5.15.